The van der Waals surface area contributed by atoms with Crippen molar-refractivity contribution in [3.63, 3.8) is 0 Å². The lowest BCUT2D eigenvalue weighted by atomic mass is 9.87. The Bertz CT molecular complexity index is 1490. The summed E-state index contributed by atoms with van der Waals surface area (Å²) >= 11 is 0. The van der Waals surface area contributed by atoms with Crippen molar-refractivity contribution in [3.05, 3.63) is 74.1 Å². The van der Waals surface area contributed by atoms with Crippen molar-refractivity contribution in [2.24, 2.45) is 5.92 Å². The molecule has 3 heterocycles. The summed E-state index contributed by atoms with van der Waals surface area (Å²) in [4.78, 5) is 34.7. The van der Waals surface area contributed by atoms with Crippen molar-refractivity contribution in [3.8, 4) is 34.3 Å². The van der Waals surface area contributed by atoms with E-state index in [1.54, 1.807) is 6.07 Å². The molecule has 2 aliphatic heterocycles. The van der Waals surface area contributed by atoms with E-state index in [9.17, 15) is 24.8 Å². The van der Waals surface area contributed by atoms with Crippen LogP contribution in [0.15, 0.2) is 47.4 Å². The number of pyridine rings is 1. The summed E-state index contributed by atoms with van der Waals surface area (Å²) in [6.45, 7) is 4.39. The molecule has 11 heteroatoms. The molecule has 11 nitrogen and oxygen atoms in total. The van der Waals surface area contributed by atoms with Gasteiger partial charge in [-0.25, -0.2) is 4.79 Å². The van der Waals surface area contributed by atoms with Crippen LogP contribution in [0, 0.1) is 16.0 Å². The number of carboxylic acid groups (broad SMARTS) is 1. The van der Waals surface area contributed by atoms with Gasteiger partial charge in [0.1, 0.15) is 18.8 Å². The van der Waals surface area contributed by atoms with Crippen molar-refractivity contribution < 1.29 is 33.8 Å². The highest BCUT2D eigenvalue weighted by molar-refractivity contribution is 5.88. The molecule has 2 unspecified atom stereocenters. The Labute approximate surface area is 217 Å². The van der Waals surface area contributed by atoms with E-state index in [1.165, 1.54) is 37.6 Å². The largest absolute Gasteiger partial charge is 0.493 e. The van der Waals surface area contributed by atoms with Gasteiger partial charge in [-0.15, -0.1) is 0 Å². The van der Waals surface area contributed by atoms with Crippen molar-refractivity contribution >= 4 is 11.7 Å². The van der Waals surface area contributed by atoms with Gasteiger partial charge < -0.3 is 28.6 Å². The minimum absolute atomic E-state index is 0.0696. The lowest BCUT2D eigenvalue weighted by molar-refractivity contribution is -0.385. The summed E-state index contributed by atoms with van der Waals surface area (Å²) in [5, 5.41) is 20.6. The SMILES string of the molecule is COc1cc2c(cc1OCC1COc3ccc([N+](=O)[O-])cc3O1)CC(C(C)C)n1cc(C(=O)O)c(=O)cc1-2. The number of aromatic nitrogens is 1. The van der Waals surface area contributed by atoms with Crippen molar-refractivity contribution in [2.45, 2.75) is 32.4 Å². The maximum atomic E-state index is 12.6. The van der Waals surface area contributed by atoms with Gasteiger partial charge in [0, 0.05) is 29.9 Å². The van der Waals surface area contributed by atoms with Crippen LogP contribution in [0.2, 0.25) is 0 Å². The number of aromatic carboxylic acids is 1. The molecule has 1 aromatic heterocycles. The first kappa shape index (κ1) is 25.1. The van der Waals surface area contributed by atoms with Crippen molar-refractivity contribution in [1.82, 2.24) is 4.57 Å². The van der Waals surface area contributed by atoms with E-state index in [0.717, 1.165) is 11.1 Å². The fourth-order valence-electron chi connectivity index (χ4n) is 4.85. The second-order valence-electron chi connectivity index (χ2n) is 9.57. The van der Waals surface area contributed by atoms with Gasteiger partial charge in [0.05, 0.1) is 23.8 Å². The molecule has 0 saturated carbocycles. The Morgan fingerprint density at radius 1 is 1.21 bits per heavy atom. The maximum Gasteiger partial charge on any atom is 0.341 e. The number of nitrogens with zero attached hydrogens (tertiary/aromatic N) is 2. The van der Waals surface area contributed by atoms with Gasteiger partial charge in [0.15, 0.2) is 34.5 Å². The molecule has 2 aliphatic rings. The number of hydrogen-bond donors (Lipinski definition) is 1. The number of nitro benzene ring substituents is 1. The maximum absolute atomic E-state index is 12.6. The average molecular weight is 523 g/mol. The fourth-order valence-corrected chi connectivity index (χ4v) is 4.85. The molecule has 2 atom stereocenters. The van der Waals surface area contributed by atoms with Gasteiger partial charge in [-0.3, -0.25) is 14.9 Å². The van der Waals surface area contributed by atoms with Crippen LogP contribution >= 0.6 is 0 Å². The first-order valence-electron chi connectivity index (χ1n) is 12.1. The van der Waals surface area contributed by atoms with Crippen molar-refractivity contribution in [2.75, 3.05) is 20.3 Å². The summed E-state index contributed by atoms with van der Waals surface area (Å²) in [7, 11) is 1.50. The predicted molar refractivity (Wildman–Crippen MR) is 136 cm³/mol. The number of hydrogen-bond acceptors (Lipinski definition) is 8. The average Bonchev–Trinajstić information content (AvgIpc) is 2.89. The lowest BCUT2D eigenvalue weighted by Gasteiger charge is -2.34. The number of nitro groups is 1. The Balaban J connectivity index is 1.44. The van der Waals surface area contributed by atoms with Crippen LogP contribution in [0.1, 0.15) is 35.8 Å². The number of non-ortho nitro benzene ring substituents is 1. The molecular weight excluding hydrogens is 496 g/mol. The van der Waals surface area contributed by atoms with E-state index in [1.807, 2.05) is 24.5 Å². The molecule has 0 bridgehead atoms. The summed E-state index contributed by atoms with van der Waals surface area (Å²) in [6.07, 6.45) is 1.51. The zero-order chi connectivity index (χ0) is 27.1. The van der Waals surface area contributed by atoms with Crippen LogP contribution in [-0.2, 0) is 6.42 Å². The normalized spacial score (nSPS) is 17.4. The minimum atomic E-state index is -1.26. The van der Waals surface area contributed by atoms with E-state index >= 15 is 0 Å². The monoisotopic (exact) mass is 522 g/mol. The molecule has 0 saturated heterocycles. The topological polar surface area (TPSA) is 139 Å². The smallest absolute Gasteiger partial charge is 0.341 e. The summed E-state index contributed by atoms with van der Waals surface area (Å²) in [5.41, 5.74) is 1.39. The Morgan fingerprint density at radius 2 is 2.00 bits per heavy atom. The van der Waals surface area contributed by atoms with E-state index in [0.29, 0.717) is 29.4 Å². The molecule has 38 heavy (non-hydrogen) atoms. The molecule has 198 valence electrons. The second kappa shape index (κ2) is 9.73. The number of carboxylic acids is 1. The number of methoxy groups -OCH3 is 1. The van der Waals surface area contributed by atoms with Crippen LogP contribution in [0.5, 0.6) is 23.0 Å². The van der Waals surface area contributed by atoms with Gasteiger partial charge in [0.25, 0.3) is 5.69 Å². The Hall–Kier alpha value is -4.54. The quantitative estimate of drug-likeness (QED) is 0.359. The summed E-state index contributed by atoms with van der Waals surface area (Å²) in [5.74, 6) is 0.512. The van der Waals surface area contributed by atoms with E-state index in [-0.39, 0.29) is 42.2 Å². The number of rotatable bonds is 7. The van der Waals surface area contributed by atoms with Gasteiger partial charge in [0.2, 0.25) is 0 Å². The molecule has 0 radical (unpaired) electrons. The standard InChI is InChI=1S/C27H26N2O9/c1-14(2)20-6-15-7-25(37-13-17-12-36-23-5-4-16(29(33)34)8-26(23)38-17)24(35-3)9-18(15)21-10-22(30)19(27(31)32)11-28(20)21/h4-5,7-11,14,17,20H,6,12-13H2,1-3H3,(H,31,32). The summed E-state index contributed by atoms with van der Waals surface area (Å²) in [6, 6.07) is 9.12. The third-order valence-electron chi connectivity index (χ3n) is 6.81. The number of ether oxygens (including phenoxy) is 4. The zero-order valence-electron chi connectivity index (χ0n) is 21.0. The highest BCUT2D eigenvalue weighted by Gasteiger charge is 2.30. The third kappa shape index (κ3) is 4.51. The number of benzene rings is 2. The van der Waals surface area contributed by atoms with Crippen LogP contribution in [0.25, 0.3) is 11.3 Å². The van der Waals surface area contributed by atoms with Crippen LogP contribution < -0.4 is 24.4 Å². The third-order valence-corrected chi connectivity index (χ3v) is 6.81. The van der Waals surface area contributed by atoms with E-state index in [2.05, 4.69) is 0 Å². The van der Waals surface area contributed by atoms with Crippen LogP contribution in [0.4, 0.5) is 5.69 Å². The summed E-state index contributed by atoms with van der Waals surface area (Å²) < 4.78 is 25.1. The first-order valence-corrected chi connectivity index (χ1v) is 12.1. The molecule has 5 rings (SSSR count). The minimum Gasteiger partial charge on any atom is -0.493 e. The highest BCUT2D eigenvalue weighted by atomic mass is 16.6. The molecule has 2 aromatic carbocycles. The molecule has 0 amide bonds. The number of carbonyl (C=O) groups is 1. The Morgan fingerprint density at radius 3 is 2.68 bits per heavy atom. The van der Waals surface area contributed by atoms with E-state index < -0.39 is 22.4 Å². The van der Waals surface area contributed by atoms with Gasteiger partial charge >= 0.3 is 5.97 Å². The van der Waals surface area contributed by atoms with Gasteiger partial charge in [-0.1, -0.05) is 13.8 Å². The molecular formula is C27H26N2O9. The van der Waals surface area contributed by atoms with Crippen LogP contribution in [0.3, 0.4) is 0 Å². The molecule has 3 aromatic rings. The molecule has 0 fully saturated rings. The molecule has 1 N–H and O–H groups in total. The highest BCUT2D eigenvalue weighted by Crippen LogP contribution is 2.43. The van der Waals surface area contributed by atoms with Crippen LogP contribution in [-0.4, -0.2) is 47.0 Å². The lowest BCUT2D eigenvalue weighted by Crippen LogP contribution is -2.34. The molecule has 0 aliphatic carbocycles. The first-order chi connectivity index (χ1) is 18.2. The predicted octanol–water partition coefficient (Wildman–Crippen LogP) is 4.10. The Kier molecular flexibility index (Phi) is 6.43. The zero-order valence-corrected chi connectivity index (χ0v) is 21.0. The van der Waals surface area contributed by atoms with Gasteiger partial charge in [-0.2, -0.15) is 0 Å². The van der Waals surface area contributed by atoms with Gasteiger partial charge in [-0.05, 0) is 36.1 Å². The molecule has 0 spiro atoms. The van der Waals surface area contributed by atoms with Crippen molar-refractivity contribution in [1.29, 1.82) is 0 Å². The number of fused-ring (bicyclic) bond motifs is 4. The fraction of sp³-hybridized carbons (Fsp3) is 0.333. The second-order valence-corrected chi connectivity index (χ2v) is 9.57. The van der Waals surface area contributed by atoms with E-state index in [4.69, 9.17) is 18.9 Å².